The standard InChI is InChI=1S/C18H12F2N2OS.C2H6/c1-2-13-14-9-22-4-3-15(14)24-17(13)16(23)11-5-10(8-21)6-12(7-11)18(19)20;1-2/h2-7,9,16,18,23H,1H2;1-2H3. The predicted octanol–water partition coefficient (Wildman–Crippen LogP) is 5.86. The van der Waals surface area contributed by atoms with Gasteiger partial charge in [0.1, 0.15) is 6.10 Å². The summed E-state index contributed by atoms with van der Waals surface area (Å²) in [7, 11) is 0. The molecule has 26 heavy (non-hydrogen) atoms. The lowest BCUT2D eigenvalue weighted by Gasteiger charge is -2.13. The van der Waals surface area contributed by atoms with Crippen LogP contribution >= 0.6 is 11.3 Å². The number of thiophene rings is 1. The average Bonchev–Trinajstić information content (AvgIpc) is 3.07. The van der Waals surface area contributed by atoms with Crippen molar-refractivity contribution in [3.63, 3.8) is 0 Å². The Morgan fingerprint density at radius 1 is 1.27 bits per heavy atom. The van der Waals surface area contributed by atoms with E-state index in [0.29, 0.717) is 4.88 Å². The molecule has 0 saturated heterocycles. The lowest BCUT2D eigenvalue weighted by atomic mass is 9.99. The smallest absolute Gasteiger partial charge is 0.263 e. The fraction of sp³-hybridized carbons (Fsp3) is 0.200. The number of nitrogens with zero attached hydrogens (tertiary/aromatic N) is 2. The number of halogens is 2. The summed E-state index contributed by atoms with van der Waals surface area (Å²) in [5.41, 5.74) is 0.777. The van der Waals surface area contributed by atoms with Crippen molar-refractivity contribution >= 4 is 27.5 Å². The zero-order valence-electron chi connectivity index (χ0n) is 14.4. The third-order valence-corrected chi connectivity index (χ3v) is 4.92. The number of hydrogen-bond acceptors (Lipinski definition) is 4. The number of aliphatic hydroxyl groups excluding tert-OH is 1. The van der Waals surface area contributed by atoms with Crippen molar-refractivity contribution < 1.29 is 13.9 Å². The summed E-state index contributed by atoms with van der Waals surface area (Å²) in [6.45, 7) is 7.76. The molecule has 0 radical (unpaired) electrons. The van der Waals surface area contributed by atoms with Crippen LogP contribution in [0.1, 0.15) is 53.5 Å². The van der Waals surface area contributed by atoms with Crippen LogP contribution in [0.4, 0.5) is 8.78 Å². The second kappa shape index (κ2) is 8.65. The third kappa shape index (κ3) is 3.79. The fourth-order valence-electron chi connectivity index (χ4n) is 2.57. The van der Waals surface area contributed by atoms with E-state index in [4.69, 9.17) is 5.26 Å². The fourth-order valence-corrected chi connectivity index (χ4v) is 3.76. The molecular formula is C20H18F2N2OS. The van der Waals surface area contributed by atoms with Gasteiger partial charge in [-0.3, -0.25) is 4.98 Å². The molecular weight excluding hydrogens is 354 g/mol. The van der Waals surface area contributed by atoms with Crippen LogP contribution in [0.2, 0.25) is 0 Å². The van der Waals surface area contributed by atoms with E-state index in [1.165, 1.54) is 23.5 Å². The minimum absolute atomic E-state index is 0.0878. The van der Waals surface area contributed by atoms with Crippen molar-refractivity contribution in [3.05, 3.63) is 70.4 Å². The van der Waals surface area contributed by atoms with Gasteiger partial charge in [0.2, 0.25) is 0 Å². The van der Waals surface area contributed by atoms with Gasteiger partial charge in [-0.15, -0.1) is 11.3 Å². The van der Waals surface area contributed by atoms with Crippen molar-refractivity contribution in [2.45, 2.75) is 26.4 Å². The van der Waals surface area contributed by atoms with E-state index in [1.54, 1.807) is 18.5 Å². The lowest BCUT2D eigenvalue weighted by molar-refractivity contribution is 0.150. The average molecular weight is 372 g/mol. The van der Waals surface area contributed by atoms with E-state index in [-0.39, 0.29) is 16.7 Å². The summed E-state index contributed by atoms with van der Waals surface area (Å²) in [5, 5.41) is 20.6. The minimum Gasteiger partial charge on any atom is -0.383 e. The van der Waals surface area contributed by atoms with Gasteiger partial charge in [-0.25, -0.2) is 8.78 Å². The first-order valence-corrected chi connectivity index (χ1v) is 8.87. The monoisotopic (exact) mass is 372 g/mol. The molecule has 3 aromatic rings. The van der Waals surface area contributed by atoms with Crippen LogP contribution in [0.3, 0.4) is 0 Å². The minimum atomic E-state index is -2.71. The number of fused-ring (bicyclic) bond motifs is 1. The number of aromatic nitrogens is 1. The van der Waals surface area contributed by atoms with Gasteiger partial charge in [0.25, 0.3) is 6.43 Å². The molecule has 2 aromatic heterocycles. The summed E-state index contributed by atoms with van der Waals surface area (Å²) in [4.78, 5) is 4.65. The maximum Gasteiger partial charge on any atom is 0.263 e. The van der Waals surface area contributed by atoms with Crippen molar-refractivity contribution in [1.29, 1.82) is 5.26 Å². The maximum atomic E-state index is 13.0. The molecule has 0 bridgehead atoms. The van der Waals surface area contributed by atoms with E-state index in [0.717, 1.165) is 21.7 Å². The molecule has 0 aliphatic rings. The topological polar surface area (TPSA) is 56.9 Å². The van der Waals surface area contributed by atoms with Crippen LogP contribution in [0, 0.1) is 11.3 Å². The van der Waals surface area contributed by atoms with Gasteiger partial charge in [-0.1, -0.05) is 26.5 Å². The number of benzene rings is 1. The summed E-state index contributed by atoms with van der Waals surface area (Å²) in [6, 6.07) is 7.45. The predicted molar refractivity (Wildman–Crippen MR) is 101 cm³/mol. The van der Waals surface area contributed by atoms with Crippen LogP contribution in [0.25, 0.3) is 16.2 Å². The summed E-state index contributed by atoms with van der Waals surface area (Å²) in [5.74, 6) is 0. The normalized spacial score (nSPS) is 11.6. The molecule has 3 rings (SSSR count). The lowest BCUT2D eigenvalue weighted by Crippen LogP contribution is -2.01. The molecule has 0 aliphatic carbocycles. The first-order chi connectivity index (χ1) is 12.5. The highest BCUT2D eigenvalue weighted by atomic mass is 32.1. The van der Waals surface area contributed by atoms with Crippen LogP contribution < -0.4 is 0 Å². The molecule has 2 heterocycles. The highest BCUT2D eigenvalue weighted by Gasteiger charge is 2.21. The van der Waals surface area contributed by atoms with Crippen LogP contribution in [0.15, 0.2) is 43.2 Å². The Balaban J connectivity index is 0.00000117. The molecule has 0 fully saturated rings. The van der Waals surface area contributed by atoms with Crippen LogP contribution in [-0.4, -0.2) is 10.1 Å². The molecule has 134 valence electrons. The Hall–Kier alpha value is -2.62. The Morgan fingerprint density at radius 2 is 1.96 bits per heavy atom. The zero-order chi connectivity index (χ0) is 19.3. The van der Waals surface area contributed by atoms with Gasteiger partial charge < -0.3 is 5.11 Å². The molecule has 1 unspecified atom stereocenters. The molecule has 1 N–H and O–H groups in total. The van der Waals surface area contributed by atoms with Gasteiger partial charge >= 0.3 is 0 Å². The molecule has 0 amide bonds. The number of nitriles is 1. The molecule has 0 aliphatic heterocycles. The van der Waals surface area contributed by atoms with Crippen molar-refractivity contribution in [2.24, 2.45) is 0 Å². The highest BCUT2D eigenvalue weighted by molar-refractivity contribution is 7.19. The Morgan fingerprint density at radius 3 is 2.58 bits per heavy atom. The van der Waals surface area contributed by atoms with Gasteiger partial charge in [-0.05, 0) is 29.8 Å². The largest absolute Gasteiger partial charge is 0.383 e. The van der Waals surface area contributed by atoms with Gasteiger partial charge in [-0.2, -0.15) is 5.26 Å². The first kappa shape index (κ1) is 19.7. The van der Waals surface area contributed by atoms with Crippen molar-refractivity contribution in [1.82, 2.24) is 4.98 Å². The van der Waals surface area contributed by atoms with Crippen molar-refractivity contribution in [2.75, 3.05) is 0 Å². The van der Waals surface area contributed by atoms with E-state index >= 15 is 0 Å². The van der Waals surface area contributed by atoms with E-state index in [1.807, 2.05) is 26.0 Å². The maximum absolute atomic E-state index is 13.0. The third-order valence-electron chi connectivity index (χ3n) is 3.68. The summed E-state index contributed by atoms with van der Waals surface area (Å²) >= 11 is 1.35. The van der Waals surface area contributed by atoms with Crippen molar-refractivity contribution in [3.8, 4) is 6.07 Å². The molecule has 0 saturated carbocycles. The second-order valence-electron chi connectivity index (χ2n) is 5.16. The van der Waals surface area contributed by atoms with Gasteiger partial charge in [0.15, 0.2) is 0 Å². The Labute approximate surface area is 154 Å². The first-order valence-electron chi connectivity index (χ1n) is 8.05. The second-order valence-corrected chi connectivity index (χ2v) is 6.24. The quantitative estimate of drug-likeness (QED) is 0.624. The highest BCUT2D eigenvalue weighted by Crippen LogP contribution is 2.39. The van der Waals surface area contributed by atoms with Crippen LogP contribution in [-0.2, 0) is 0 Å². The van der Waals surface area contributed by atoms with Gasteiger partial charge in [0.05, 0.1) is 11.6 Å². The number of alkyl halides is 2. The summed E-state index contributed by atoms with van der Waals surface area (Å²) in [6.07, 6.45) is 1.10. The molecule has 6 heteroatoms. The number of rotatable bonds is 4. The van der Waals surface area contributed by atoms with E-state index in [2.05, 4.69) is 11.6 Å². The molecule has 1 aromatic carbocycles. The van der Waals surface area contributed by atoms with E-state index in [9.17, 15) is 13.9 Å². The SMILES string of the molecule is C=Cc1c(C(O)c2cc(C#N)cc(C(F)F)c2)sc2ccncc12.CC. The van der Waals surface area contributed by atoms with Crippen LogP contribution in [0.5, 0.6) is 0 Å². The Kier molecular flexibility index (Phi) is 6.56. The molecule has 0 spiro atoms. The van der Waals surface area contributed by atoms with E-state index < -0.39 is 12.5 Å². The number of hydrogen-bond donors (Lipinski definition) is 1. The molecule has 3 nitrogen and oxygen atoms in total. The number of aliphatic hydroxyl groups is 1. The summed E-state index contributed by atoms with van der Waals surface area (Å²) < 4.78 is 27.0. The number of pyridine rings is 1. The van der Waals surface area contributed by atoms with Gasteiger partial charge in [0, 0.05) is 38.5 Å². The Bertz CT molecular complexity index is 960. The molecule has 1 atom stereocenters. The zero-order valence-corrected chi connectivity index (χ0v) is 15.2.